The molecule has 3 N–H and O–H groups in total. The smallest absolute Gasteiger partial charge is 0.220 e. The van der Waals surface area contributed by atoms with Gasteiger partial charge in [0.15, 0.2) is 12.4 Å². The van der Waals surface area contributed by atoms with Gasteiger partial charge < -0.3 is 32.5 Å². The van der Waals surface area contributed by atoms with Gasteiger partial charge in [-0.25, -0.2) is 4.57 Å². The number of aryl methyl sites for hydroxylation is 1. The first-order valence-corrected chi connectivity index (χ1v) is 19.2. The number of rotatable bonds is 33. The zero-order valence-electron chi connectivity index (χ0n) is 29.4. The lowest BCUT2D eigenvalue weighted by Crippen LogP contribution is -3.00. The molecule has 0 aromatic carbocycles. The second kappa shape index (κ2) is 34.4. The molecule has 0 bridgehead atoms. The number of nitrogens with one attached hydrogen (secondary N) is 1. The highest BCUT2D eigenvalue weighted by Crippen LogP contribution is 2.15. The minimum absolute atomic E-state index is 0. The zero-order chi connectivity index (χ0) is 31.8. The van der Waals surface area contributed by atoms with Crippen molar-refractivity contribution in [1.82, 2.24) is 5.32 Å². The Labute approximate surface area is 289 Å². The second-order valence-electron chi connectivity index (χ2n) is 13.4. The Balaban J connectivity index is 0.0000194. The minimum atomic E-state index is -0.657. The van der Waals surface area contributed by atoms with Crippen LogP contribution >= 0.6 is 0 Å². The molecule has 6 heteroatoms. The SMILES string of the molecule is CCCCCCCCCCCCCCC[C@@H](O)[C@H](CO)NC(=O)CCCCCCCCCCCCCCC[n+]1ccccc1.[Br-]. The molecule has 0 unspecified atom stereocenters. The summed E-state index contributed by atoms with van der Waals surface area (Å²) in [5.41, 5.74) is 0. The molecular formula is C39H73BrN2O3. The normalized spacial score (nSPS) is 12.5. The number of hydrogen-bond acceptors (Lipinski definition) is 3. The third-order valence-electron chi connectivity index (χ3n) is 9.21. The molecule has 1 aromatic rings. The van der Waals surface area contributed by atoms with Gasteiger partial charge in [-0.15, -0.1) is 0 Å². The molecule has 0 aliphatic carbocycles. The van der Waals surface area contributed by atoms with Crippen LogP contribution in [0.5, 0.6) is 0 Å². The van der Waals surface area contributed by atoms with Crippen molar-refractivity contribution in [2.75, 3.05) is 6.61 Å². The molecule has 1 aromatic heterocycles. The van der Waals surface area contributed by atoms with Crippen molar-refractivity contribution in [2.45, 2.75) is 205 Å². The van der Waals surface area contributed by atoms with Crippen molar-refractivity contribution in [3.05, 3.63) is 30.6 Å². The summed E-state index contributed by atoms with van der Waals surface area (Å²) < 4.78 is 2.27. The topological polar surface area (TPSA) is 73.4 Å². The zero-order valence-corrected chi connectivity index (χ0v) is 31.0. The molecule has 264 valence electrons. The molecular weight excluding hydrogens is 624 g/mol. The van der Waals surface area contributed by atoms with Gasteiger partial charge in [-0.2, -0.15) is 0 Å². The van der Waals surface area contributed by atoms with Gasteiger partial charge in [-0.3, -0.25) is 4.79 Å². The van der Waals surface area contributed by atoms with Gasteiger partial charge in [0.25, 0.3) is 0 Å². The van der Waals surface area contributed by atoms with E-state index in [1.54, 1.807) is 0 Å². The summed E-state index contributed by atoms with van der Waals surface area (Å²) in [5.74, 6) is -0.0349. The van der Waals surface area contributed by atoms with Gasteiger partial charge in [0.2, 0.25) is 5.91 Å². The number of amides is 1. The standard InChI is InChI=1S/C39H72N2O3.BrH/c1-2-3-4-5-6-7-8-10-13-16-19-22-26-31-38(43)37(36-42)40-39(44)32-27-23-20-17-14-11-9-12-15-18-21-24-28-33-41-34-29-25-30-35-41;/h25,29-30,34-35,37-38,42-43H,2-24,26-28,31-33,36H2,1H3;1H/t37-,38+;/m0./s1. The van der Waals surface area contributed by atoms with Gasteiger partial charge in [0, 0.05) is 25.0 Å². The molecule has 1 heterocycles. The fraction of sp³-hybridized carbons (Fsp3) is 0.846. The van der Waals surface area contributed by atoms with E-state index in [-0.39, 0.29) is 29.5 Å². The molecule has 45 heavy (non-hydrogen) atoms. The third kappa shape index (κ3) is 28.9. The first-order chi connectivity index (χ1) is 21.7. The molecule has 5 nitrogen and oxygen atoms in total. The highest BCUT2D eigenvalue weighted by atomic mass is 79.9. The molecule has 1 amide bonds. The Morgan fingerprint density at radius 1 is 0.600 bits per heavy atom. The van der Waals surface area contributed by atoms with Crippen molar-refractivity contribution in [2.24, 2.45) is 0 Å². The average Bonchev–Trinajstić information content (AvgIpc) is 3.04. The van der Waals surface area contributed by atoms with Crippen LogP contribution in [-0.4, -0.2) is 34.9 Å². The Morgan fingerprint density at radius 2 is 1.00 bits per heavy atom. The van der Waals surface area contributed by atoms with Crippen LogP contribution in [0.3, 0.4) is 0 Å². The number of halogens is 1. The van der Waals surface area contributed by atoms with Crippen LogP contribution in [0.25, 0.3) is 0 Å². The summed E-state index contributed by atoms with van der Waals surface area (Å²) in [5, 5.41) is 23.1. The number of carbonyl (C=O) groups is 1. The molecule has 0 fully saturated rings. The minimum Gasteiger partial charge on any atom is -1.00 e. The third-order valence-corrected chi connectivity index (χ3v) is 9.21. The highest BCUT2D eigenvalue weighted by molar-refractivity contribution is 5.76. The fourth-order valence-electron chi connectivity index (χ4n) is 6.22. The molecule has 0 saturated heterocycles. The summed E-state index contributed by atoms with van der Waals surface area (Å²) in [6.07, 6.45) is 38.2. The second-order valence-corrected chi connectivity index (χ2v) is 13.4. The van der Waals surface area contributed by atoms with Crippen LogP contribution in [0, 0.1) is 0 Å². The monoisotopic (exact) mass is 696 g/mol. The quantitative estimate of drug-likeness (QED) is 0.0562. The summed E-state index contributed by atoms with van der Waals surface area (Å²) >= 11 is 0. The Kier molecular flexibility index (Phi) is 33.6. The number of nitrogens with zero attached hydrogens (tertiary/aromatic N) is 1. The maximum absolute atomic E-state index is 12.4. The van der Waals surface area contributed by atoms with Crippen molar-refractivity contribution >= 4 is 5.91 Å². The lowest BCUT2D eigenvalue weighted by Gasteiger charge is -2.22. The lowest BCUT2D eigenvalue weighted by molar-refractivity contribution is -0.697. The molecule has 0 aliphatic heterocycles. The average molecular weight is 698 g/mol. The van der Waals surface area contributed by atoms with Crippen LogP contribution in [0.2, 0.25) is 0 Å². The summed E-state index contributed by atoms with van der Waals surface area (Å²) in [6.45, 7) is 3.21. The number of carbonyl (C=O) groups excluding carboxylic acids is 1. The number of pyridine rings is 1. The Hall–Kier alpha value is -0.980. The van der Waals surface area contributed by atoms with E-state index in [4.69, 9.17) is 0 Å². The number of aliphatic hydroxyl groups excluding tert-OH is 2. The number of aromatic nitrogens is 1. The summed E-state index contributed by atoms with van der Waals surface area (Å²) in [6, 6.07) is 5.74. The van der Waals surface area contributed by atoms with Crippen LogP contribution < -0.4 is 26.9 Å². The van der Waals surface area contributed by atoms with E-state index in [1.165, 1.54) is 141 Å². The van der Waals surface area contributed by atoms with Gasteiger partial charge in [-0.05, 0) is 19.3 Å². The van der Waals surface area contributed by atoms with Gasteiger partial charge in [0.05, 0.1) is 18.8 Å². The fourth-order valence-corrected chi connectivity index (χ4v) is 6.22. The van der Waals surface area contributed by atoms with E-state index >= 15 is 0 Å². The molecule has 1 rings (SSSR count). The van der Waals surface area contributed by atoms with Crippen LogP contribution in [0.1, 0.15) is 187 Å². The first kappa shape index (κ1) is 44.0. The number of hydrogen-bond donors (Lipinski definition) is 3. The van der Waals surface area contributed by atoms with E-state index < -0.39 is 12.1 Å². The van der Waals surface area contributed by atoms with Crippen molar-refractivity contribution < 1.29 is 36.6 Å². The molecule has 0 radical (unpaired) electrons. The summed E-state index contributed by atoms with van der Waals surface area (Å²) in [7, 11) is 0. The van der Waals surface area contributed by atoms with Crippen LogP contribution in [0.4, 0.5) is 0 Å². The van der Waals surface area contributed by atoms with Crippen molar-refractivity contribution in [3.63, 3.8) is 0 Å². The maximum atomic E-state index is 12.4. The Bertz CT molecular complexity index is 736. The van der Waals surface area contributed by atoms with E-state index in [0.717, 1.165) is 32.2 Å². The van der Waals surface area contributed by atoms with Crippen LogP contribution in [-0.2, 0) is 11.3 Å². The largest absolute Gasteiger partial charge is 1.00 e. The van der Waals surface area contributed by atoms with Crippen molar-refractivity contribution in [1.29, 1.82) is 0 Å². The van der Waals surface area contributed by atoms with Gasteiger partial charge >= 0.3 is 0 Å². The predicted molar refractivity (Wildman–Crippen MR) is 187 cm³/mol. The van der Waals surface area contributed by atoms with E-state index in [0.29, 0.717) is 12.8 Å². The predicted octanol–water partition coefficient (Wildman–Crippen LogP) is 6.76. The number of aliphatic hydroxyl groups is 2. The highest BCUT2D eigenvalue weighted by Gasteiger charge is 2.20. The first-order valence-electron chi connectivity index (χ1n) is 19.2. The lowest BCUT2D eigenvalue weighted by atomic mass is 10.0. The maximum Gasteiger partial charge on any atom is 0.220 e. The Morgan fingerprint density at radius 3 is 1.44 bits per heavy atom. The van der Waals surface area contributed by atoms with Gasteiger partial charge in [-0.1, -0.05) is 161 Å². The van der Waals surface area contributed by atoms with Gasteiger partial charge in [0.1, 0.15) is 6.54 Å². The summed E-state index contributed by atoms with van der Waals surface area (Å²) in [4.78, 5) is 12.4. The van der Waals surface area contributed by atoms with E-state index in [2.05, 4.69) is 47.4 Å². The number of unbranched alkanes of at least 4 members (excludes halogenated alkanes) is 24. The van der Waals surface area contributed by atoms with Crippen LogP contribution in [0.15, 0.2) is 30.6 Å². The molecule has 0 aliphatic rings. The van der Waals surface area contributed by atoms with Crippen molar-refractivity contribution in [3.8, 4) is 0 Å². The van der Waals surface area contributed by atoms with E-state index in [9.17, 15) is 15.0 Å². The molecule has 0 spiro atoms. The molecule has 0 saturated carbocycles. The van der Waals surface area contributed by atoms with E-state index in [1.807, 2.05) is 0 Å². The molecule has 2 atom stereocenters.